The smallest absolute Gasteiger partial charge is 0.0201 e. The van der Waals surface area contributed by atoms with Crippen molar-refractivity contribution in [1.29, 1.82) is 0 Å². The Kier molecular flexibility index (Phi) is 4.46. The monoisotopic (exact) mass is 255 g/mol. The van der Waals surface area contributed by atoms with Gasteiger partial charge in [0.05, 0.1) is 0 Å². The molecule has 2 fully saturated rings. The lowest BCUT2D eigenvalue weighted by molar-refractivity contribution is 0.352. The zero-order valence-electron chi connectivity index (χ0n) is 12.0. The molecule has 2 aliphatic rings. The van der Waals surface area contributed by atoms with Crippen molar-refractivity contribution in [2.75, 3.05) is 5.75 Å². The van der Waals surface area contributed by atoms with Crippen molar-refractivity contribution < 1.29 is 0 Å². The lowest BCUT2D eigenvalue weighted by Crippen LogP contribution is -2.43. The first-order chi connectivity index (χ1) is 8.02. The first-order valence-corrected chi connectivity index (χ1v) is 8.44. The van der Waals surface area contributed by atoms with Gasteiger partial charge in [0, 0.05) is 17.3 Å². The number of hydrogen-bond acceptors (Lipinski definition) is 2. The summed E-state index contributed by atoms with van der Waals surface area (Å²) in [6, 6.07) is 1.56. The molecular weight excluding hydrogens is 226 g/mol. The van der Waals surface area contributed by atoms with Gasteiger partial charge in [0.15, 0.2) is 0 Å². The maximum absolute atomic E-state index is 4.00. The van der Waals surface area contributed by atoms with E-state index in [2.05, 4.69) is 44.8 Å². The lowest BCUT2D eigenvalue weighted by Gasteiger charge is -2.27. The molecule has 4 atom stereocenters. The molecule has 0 heterocycles. The Hall–Kier alpha value is 0.310. The fourth-order valence-electron chi connectivity index (χ4n) is 3.92. The van der Waals surface area contributed by atoms with Crippen molar-refractivity contribution in [3.05, 3.63) is 0 Å². The van der Waals surface area contributed by atoms with Crippen molar-refractivity contribution in [3.63, 3.8) is 0 Å². The number of thioether (sulfide) groups is 1. The highest BCUT2D eigenvalue weighted by molar-refractivity contribution is 7.99. The summed E-state index contributed by atoms with van der Waals surface area (Å²) in [6.07, 6.45) is 7.03. The van der Waals surface area contributed by atoms with E-state index in [1.165, 1.54) is 37.9 Å². The van der Waals surface area contributed by atoms with Crippen molar-refractivity contribution in [3.8, 4) is 0 Å². The summed E-state index contributed by atoms with van der Waals surface area (Å²) in [5, 5.41) is 4.88. The van der Waals surface area contributed by atoms with Crippen LogP contribution < -0.4 is 5.32 Å². The maximum atomic E-state index is 4.00. The zero-order chi connectivity index (χ0) is 12.5. The molecule has 0 aromatic heterocycles. The molecule has 0 aromatic rings. The molecule has 0 aromatic carbocycles. The third-order valence-corrected chi connectivity index (χ3v) is 5.92. The summed E-state index contributed by atoms with van der Waals surface area (Å²) >= 11 is 2.17. The van der Waals surface area contributed by atoms with E-state index in [9.17, 15) is 0 Å². The van der Waals surface area contributed by atoms with E-state index in [-0.39, 0.29) is 0 Å². The summed E-state index contributed by atoms with van der Waals surface area (Å²) in [5.41, 5.74) is 0.559. The van der Waals surface area contributed by atoms with Gasteiger partial charge in [0.1, 0.15) is 0 Å². The standard InChI is InChI=1S/C15H29NS/c1-5-17-14-8-6-7-12(14)16-13-10-15(3,4)9-11(13)2/h11-14,16H,5-10H2,1-4H3. The Labute approximate surface area is 112 Å². The highest BCUT2D eigenvalue weighted by Gasteiger charge is 2.39. The van der Waals surface area contributed by atoms with Crippen molar-refractivity contribution in [2.24, 2.45) is 11.3 Å². The van der Waals surface area contributed by atoms with E-state index in [1.54, 1.807) is 0 Å². The molecule has 2 saturated carbocycles. The molecule has 2 rings (SSSR count). The average molecular weight is 255 g/mol. The summed E-state index contributed by atoms with van der Waals surface area (Å²) < 4.78 is 0. The summed E-state index contributed by atoms with van der Waals surface area (Å²) in [5.74, 6) is 2.13. The number of rotatable bonds is 4. The minimum absolute atomic E-state index is 0.559. The van der Waals surface area contributed by atoms with E-state index in [0.29, 0.717) is 5.41 Å². The van der Waals surface area contributed by atoms with E-state index in [4.69, 9.17) is 0 Å². The SMILES string of the molecule is CCSC1CCCC1NC1CC(C)(C)CC1C. The minimum Gasteiger partial charge on any atom is -0.310 e. The van der Waals surface area contributed by atoms with Crippen LogP contribution in [0, 0.1) is 11.3 Å². The van der Waals surface area contributed by atoms with Crippen LogP contribution in [-0.4, -0.2) is 23.1 Å². The molecule has 1 nitrogen and oxygen atoms in total. The highest BCUT2D eigenvalue weighted by Crippen LogP contribution is 2.42. The molecule has 4 unspecified atom stereocenters. The molecule has 100 valence electrons. The zero-order valence-corrected chi connectivity index (χ0v) is 12.8. The Morgan fingerprint density at radius 3 is 2.53 bits per heavy atom. The van der Waals surface area contributed by atoms with Gasteiger partial charge in [-0.15, -0.1) is 0 Å². The van der Waals surface area contributed by atoms with Gasteiger partial charge in [0.2, 0.25) is 0 Å². The van der Waals surface area contributed by atoms with E-state index in [0.717, 1.165) is 23.3 Å². The highest BCUT2D eigenvalue weighted by atomic mass is 32.2. The fourth-order valence-corrected chi connectivity index (χ4v) is 5.13. The molecule has 0 aliphatic heterocycles. The van der Waals surface area contributed by atoms with Gasteiger partial charge in [-0.05, 0) is 42.8 Å². The first-order valence-electron chi connectivity index (χ1n) is 7.39. The quantitative estimate of drug-likeness (QED) is 0.812. The van der Waals surface area contributed by atoms with E-state index < -0.39 is 0 Å². The fraction of sp³-hybridized carbons (Fsp3) is 1.00. The second-order valence-corrected chi connectivity index (χ2v) is 8.37. The predicted molar refractivity (Wildman–Crippen MR) is 78.7 cm³/mol. The molecule has 0 radical (unpaired) electrons. The first kappa shape index (κ1) is 13.7. The van der Waals surface area contributed by atoms with Crippen molar-refractivity contribution in [2.45, 2.75) is 77.1 Å². The summed E-state index contributed by atoms with van der Waals surface area (Å²) in [6.45, 7) is 9.58. The van der Waals surface area contributed by atoms with Gasteiger partial charge < -0.3 is 5.32 Å². The Morgan fingerprint density at radius 1 is 1.18 bits per heavy atom. The third kappa shape index (κ3) is 3.41. The molecule has 1 N–H and O–H groups in total. The van der Waals surface area contributed by atoms with Crippen LogP contribution in [-0.2, 0) is 0 Å². The van der Waals surface area contributed by atoms with Crippen LogP contribution in [0.4, 0.5) is 0 Å². The number of hydrogen-bond donors (Lipinski definition) is 1. The molecule has 17 heavy (non-hydrogen) atoms. The molecule has 0 amide bonds. The Balaban J connectivity index is 1.88. The topological polar surface area (TPSA) is 12.0 Å². The minimum atomic E-state index is 0.559. The van der Waals surface area contributed by atoms with Crippen LogP contribution in [0.1, 0.15) is 59.8 Å². The third-order valence-electron chi connectivity index (χ3n) is 4.60. The number of nitrogens with one attached hydrogen (secondary N) is 1. The molecular formula is C15H29NS. The molecule has 0 spiro atoms. The van der Waals surface area contributed by atoms with Gasteiger partial charge >= 0.3 is 0 Å². The van der Waals surface area contributed by atoms with Gasteiger partial charge in [-0.3, -0.25) is 0 Å². The normalized spacial score (nSPS) is 40.9. The Bertz CT molecular complexity index is 251. The molecule has 0 bridgehead atoms. The Morgan fingerprint density at radius 2 is 1.94 bits per heavy atom. The van der Waals surface area contributed by atoms with Crippen LogP contribution >= 0.6 is 11.8 Å². The van der Waals surface area contributed by atoms with E-state index in [1.807, 2.05) is 0 Å². The van der Waals surface area contributed by atoms with E-state index >= 15 is 0 Å². The van der Waals surface area contributed by atoms with Crippen LogP contribution in [0.5, 0.6) is 0 Å². The van der Waals surface area contributed by atoms with Gasteiger partial charge in [-0.25, -0.2) is 0 Å². The van der Waals surface area contributed by atoms with Crippen LogP contribution in [0.3, 0.4) is 0 Å². The molecule has 2 heteroatoms. The van der Waals surface area contributed by atoms with Crippen molar-refractivity contribution >= 4 is 11.8 Å². The van der Waals surface area contributed by atoms with Crippen LogP contribution in [0.15, 0.2) is 0 Å². The largest absolute Gasteiger partial charge is 0.310 e. The lowest BCUT2D eigenvalue weighted by atomic mass is 9.91. The predicted octanol–water partition coefficient (Wildman–Crippen LogP) is 4.07. The second-order valence-electron chi connectivity index (χ2n) is 6.85. The second kappa shape index (κ2) is 5.52. The van der Waals surface area contributed by atoms with Crippen LogP contribution in [0.25, 0.3) is 0 Å². The van der Waals surface area contributed by atoms with Crippen molar-refractivity contribution in [1.82, 2.24) is 5.32 Å². The molecule has 0 saturated heterocycles. The van der Waals surface area contributed by atoms with Crippen LogP contribution in [0.2, 0.25) is 0 Å². The summed E-state index contributed by atoms with van der Waals surface area (Å²) in [7, 11) is 0. The maximum Gasteiger partial charge on any atom is 0.0201 e. The van der Waals surface area contributed by atoms with Gasteiger partial charge in [0.25, 0.3) is 0 Å². The van der Waals surface area contributed by atoms with Gasteiger partial charge in [-0.1, -0.05) is 34.1 Å². The molecule has 2 aliphatic carbocycles. The van der Waals surface area contributed by atoms with Gasteiger partial charge in [-0.2, -0.15) is 11.8 Å². The average Bonchev–Trinajstić information content (AvgIpc) is 2.74. The summed E-state index contributed by atoms with van der Waals surface area (Å²) in [4.78, 5) is 0.